The fourth-order valence-electron chi connectivity index (χ4n) is 6.99. The van der Waals surface area contributed by atoms with Gasteiger partial charge in [-0.15, -0.1) is 0 Å². The highest BCUT2D eigenvalue weighted by atomic mass is 16.7. The summed E-state index contributed by atoms with van der Waals surface area (Å²) in [4.78, 5) is 95.8. The van der Waals surface area contributed by atoms with Crippen LogP contribution in [0.3, 0.4) is 0 Å². The van der Waals surface area contributed by atoms with E-state index >= 15 is 0 Å². The molecule has 18 nitrogen and oxygen atoms in total. The van der Waals surface area contributed by atoms with Gasteiger partial charge in [0.15, 0.2) is 36.6 Å². The van der Waals surface area contributed by atoms with Crippen molar-refractivity contribution in [3.05, 3.63) is 35.4 Å². The molecule has 2 heterocycles. The highest BCUT2D eigenvalue weighted by Crippen LogP contribution is 2.33. The molecule has 18 heteroatoms. The summed E-state index contributed by atoms with van der Waals surface area (Å²) in [5.74, 6) is -5.35. The largest absolute Gasteiger partial charge is 0.463 e. The van der Waals surface area contributed by atoms with E-state index in [0.717, 1.165) is 25.0 Å². The third-order valence-corrected chi connectivity index (χ3v) is 9.11. The molecule has 0 radical (unpaired) electrons. The maximum absolute atomic E-state index is 12.2. The minimum absolute atomic E-state index is 0.302. The predicted molar refractivity (Wildman–Crippen MR) is 196 cm³/mol. The number of hydrogen-bond donors (Lipinski definition) is 0. The molecule has 1 aromatic carbocycles. The van der Waals surface area contributed by atoms with Crippen LogP contribution in [0.5, 0.6) is 0 Å². The molecule has 0 unspecified atom stereocenters. The van der Waals surface area contributed by atoms with Gasteiger partial charge >= 0.3 is 47.8 Å². The Morgan fingerprint density at radius 2 is 0.655 bits per heavy atom. The highest BCUT2D eigenvalue weighted by molar-refractivity contribution is 5.70. The standard InChI is InChI=1S/C40H54O18/c1-21(41)49-19-33-37(53-25(5)45)39(55-27(7)47)35(51-23(3)43)31(57-33)13-9-11-29-15-17-30(18-16-29)12-10-14-32-36(52-24(4)44)40(56-28(8)48)38(54-26(6)46)34(58-32)20-50-22(2)42/h15-18,31-40H,9-14,19-20H2,1-8H3/t31-,32-,33-,34-,35-,36-,37-,38-,39-,40-/m1/s1. The Bertz CT molecular complexity index is 1490. The molecule has 58 heavy (non-hydrogen) atoms. The number of aryl methyl sites for hydroxylation is 2. The van der Waals surface area contributed by atoms with Crippen molar-refractivity contribution in [2.45, 2.75) is 155 Å². The quantitative estimate of drug-likeness (QED) is 0.153. The van der Waals surface area contributed by atoms with Gasteiger partial charge in [-0.1, -0.05) is 24.3 Å². The van der Waals surface area contributed by atoms with Gasteiger partial charge in [-0.2, -0.15) is 0 Å². The van der Waals surface area contributed by atoms with E-state index in [1.165, 1.54) is 41.5 Å². The first-order chi connectivity index (χ1) is 27.3. The molecule has 2 aliphatic rings. The summed E-state index contributed by atoms with van der Waals surface area (Å²) >= 11 is 0. The summed E-state index contributed by atoms with van der Waals surface area (Å²) < 4.78 is 55.8. The first-order valence-corrected chi connectivity index (χ1v) is 19.0. The summed E-state index contributed by atoms with van der Waals surface area (Å²) in [6.07, 6.45) is -7.89. The molecule has 0 bridgehead atoms. The third-order valence-electron chi connectivity index (χ3n) is 9.11. The summed E-state index contributed by atoms with van der Waals surface area (Å²) in [6, 6.07) is 7.82. The summed E-state index contributed by atoms with van der Waals surface area (Å²) in [5.41, 5.74) is 1.96. The topological polar surface area (TPSA) is 229 Å². The maximum Gasteiger partial charge on any atom is 0.303 e. The molecular weight excluding hydrogens is 768 g/mol. The van der Waals surface area contributed by atoms with Crippen molar-refractivity contribution < 1.29 is 85.7 Å². The van der Waals surface area contributed by atoms with E-state index in [-0.39, 0.29) is 13.2 Å². The van der Waals surface area contributed by atoms with Crippen molar-refractivity contribution >= 4 is 47.8 Å². The lowest BCUT2D eigenvalue weighted by molar-refractivity contribution is -0.253. The summed E-state index contributed by atoms with van der Waals surface area (Å²) in [7, 11) is 0. The number of benzene rings is 1. The maximum atomic E-state index is 12.2. The van der Waals surface area contributed by atoms with Crippen LogP contribution in [0.2, 0.25) is 0 Å². The molecule has 1 aromatic rings. The first-order valence-electron chi connectivity index (χ1n) is 19.0. The zero-order valence-electron chi connectivity index (χ0n) is 34.1. The molecule has 2 aliphatic heterocycles. The van der Waals surface area contributed by atoms with Crippen LogP contribution < -0.4 is 0 Å². The van der Waals surface area contributed by atoms with Crippen molar-refractivity contribution in [1.29, 1.82) is 0 Å². The van der Waals surface area contributed by atoms with Crippen molar-refractivity contribution in [2.24, 2.45) is 0 Å². The Morgan fingerprint density at radius 3 is 0.914 bits per heavy atom. The van der Waals surface area contributed by atoms with Gasteiger partial charge in [0.2, 0.25) is 0 Å². The zero-order chi connectivity index (χ0) is 43.1. The Balaban J connectivity index is 1.70. The molecule has 0 amide bonds. The molecule has 3 rings (SSSR count). The van der Waals surface area contributed by atoms with E-state index < -0.39 is 109 Å². The lowest BCUT2D eigenvalue weighted by Crippen LogP contribution is -2.62. The molecular formula is C40H54O18. The van der Waals surface area contributed by atoms with Gasteiger partial charge in [-0.05, 0) is 49.7 Å². The van der Waals surface area contributed by atoms with Crippen molar-refractivity contribution in [3.8, 4) is 0 Å². The predicted octanol–water partition coefficient (Wildman–Crippen LogP) is 2.58. The molecule has 0 N–H and O–H groups in total. The van der Waals surface area contributed by atoms with Crippen LogP contribution in [0.4, 0.5) is 0 Å². The Morgan fingerprint density at radius 1 is 0.397 bits per heavy atom. The molecule has 2 saturated heterocycles. The number of carbonyl (C=O) groups is 8. The average molecular weight is 823 g/mol. The Labute approximate surface area is 336 Å². The Hall–Kier alpha value is -5.10. The van der Waals surface area contributed by atoms with E-state index in [1.807, 2.05) is 24.3 Å². The first kappa shape index (κ1) is 47.3. The average Bonchev–Trinajstić information content (AvgIpc) is 3.10. The van der Waals surface area contributed by atoms with E-state index in [0.29, 0.717) is 38.5 Å². The van der Waals surface area contributed by atoms with E-state index in [2.05, 4.69) is 0 Å². The normalized spacial score (nSPS) is 26.6. The van der Waals surface area contributed by atoms with Crippen molar-refractivity contribution in [3.63, 3.8) is 0 Å². The molecule has 2 fully saturated rings. The molecule has 0 saturated carbocycles. The van der Waals surface area contributed by atoms with Gasteiger partial charge in [0.1, 0.15) is 25.4 Å². The fourth-order valence-corrected chi connectivity index (χ4v) is 6.99. The van der Waals surface area contributed by atoms with E-state index in [4.69, 9.17) is 47.4 Å². The van der Waals surface area contributed by atoms with Crippen LogP contribution in [0, 0.1) is 0 Å². The minimum Gasteiger partial charge on any atom is -0.463 e. The summed E-state index contributed by atoms with van der Waals surface area (Å²) in [5, 5.41) is 0. The van der Waals surface area contributed by atoms with Gasteiger partial charge in [0.05, 0.1) is 12.2 Å². The van der Waals surface area contributed by atoms with E-state index in [1.54, 1.807) is 0 Å². The molecule has 10 atom stereocenters. The van der Waals surface area contributed by atoms with Gasteiger partial charge in [0.25, 0.3) is 0 Å². The number of carbonyl (C=O) groups excluding carboxylic acids is 8. The second-order valence-corrected chi connectivity index (χ2v) is 14.1. The smallest absolute Gasteiger partial charge is 0.303 e. The van der Waals surface area contributed by atoms with Crippen LogP contribution in [0.1, 0.15) is 92.2 Å². The second-order valence-electron chi connectivity index (χ2n) is 14.1. The van der Waals surface area contributed by atoms with Gasteiger partial charge in [-0.3, -0.25) is 38.4 Å². The fraction of sp³-hybridized carbons (Fsp3) is 0.650. The number of hydrogen-bond acceptors (Lipinski definition) is 18. The SMILES string of the molecule is CC(=O)OC[C@H]1O[C@H](CCCc2ccc(CCC[C@H]3O[C@H](COC(C)=O)[C@@H](OC(C)=O)[C@H](OC(C)=O)[C@@H]3OC(C)=O)cc2)[C@@H](OC(C)=O)[C@@H](OC(C)=O)[C@@H]1OC(C)=O. The number of ether oxygens (including phenoxy) is 10. The van der Waals surface area contributed by atoms with Gasteiger partial charge in [0, 0.05) is 55.4 Å². The van der Waals surface area contributed by atoms with Gasteiger partial charge < -0.3 is 47.4 Å². The lowest BCUT2D eigenvalue weighted by Gasteiger charge is -2.44. The molecule has 0 spiro atoms. The lowest BCUT2D eigenvalue weighted by atomic mass is 9.90. The van der Waals surface area contributed by atoms with E-state index in [9.17, 15) is 38.4 Å². The molecule has 0 aliphatic carbocycles. The monoisotopic (exact) mass is 822 g/mol. The number of esters is 8. The van der Waals surface area contributed by atoms with Crippen LogP contribution >= 0.6 is 0 Å². The summed E-state index contributed by atoms with van der Waals surface area (Å²) in [6.45, 7) is 8.85. The second kappa shape index (κ2) is 22.7. The van der Waals surface area contributed by atoms with Crippen LogP contribution in [0.15, 0.2) is 24.3 Å². The van der Waals surface area contributed by atoms with Crippen LogP contribution in [-0.2, 0) is 98.6 Å². The minimum atomic E-state index is -1.23. The molecule has 322 valence electrons. The number of rotatable bonds is 18. The van der Waals surface area contributed by atoms with Gasteiger partial charge in [-0.25, -0.2) is 0 Å². The van der Waals surface area contributed by atoms with Crippen LogP contribution in [-0.4, -0.2) is 122 Å². The Kier molecular flexibility index (Phi) is 18.5. The molecule has 0 aromatic heterocycles. The zero-order valence-corrected chi connectivity index (χ0v) is 34.1. The van der Waals surface area contributed by atoms with Crippen LogP contribution in [0.25, 0.3) is 0 Å². The van der Waals surface area contributed by atoms with Crippen molar-refractivity contribution in [2.75, 3.05) is 13.2 Å². The highest BCUT2D eigenvalue weighted by Gasteiger charge is 2.53. The third kappa shape index (κ3) is 15.3. The van der Waals surface area contributed by atoms with Crippen molar-refractivity contribution in [1.82, 2.24) is 0 Å².